The van der Waals surface area contributed by atoms with E-state index in [9.17, 15) is 4.79 Å². The van der Waals surface area contributed by atoms with Gasteiger partial charge in [0.2, 0.25) is 0 Å². The van der Waals surface area contributed by atoms with E-state index < -0.39 is 0 Å². The van der Waals surface area contributed by atoms with Crippen molar-refractivity contribution in [1.29, 1.82) is 0 Å². The van der Waals surface area contributed by atoms with Gasteiger partial charge in [-0.2, -0.15) is 5.10 Å². The minimum atomic E-state index is 0.278. The fourth-order valence-corrected chi connectivity index (χ4v) is 2.38. The Balaban J connectivity index is 2.19. The summed E-state index contributed by atoms with van der Waals surface area (Å²) >= 11 is 2.24. The number of nitrogens with zero attached hydrogens (tertiary/aromatic N) is 2. The summed E-state index contributed by atoms with van der Waals surface area (Å²) in [4.78, 5) is 11.4. The highest BCUT2D eigenvalue weighted by molar-refractivity contribution is 14.1. The number of hydrogen-bond acceptors (Lipinski definition) is 2. The first-order valence-corrected chi connectivity index (χ1v) is 5.96. The largest absolute Gasteiger partial charge is 0.300 e. The summed E-state index contributed by atoms with van der Waals surface area (Å²) in [6.45, 7) is 2.20. The number of aromatic nitrogens is 2. The van der Waals surface area contributed by atoms with Gasteiger partial charge in [0, 0.05) is 19.0 Å². The fourth-order valence-electron chi connectivity index (χ4n) is 1.97. The van der Waals surface area contributed by atoms with Crippen molar-refractivity contribution in [2.45, 2.75) is 32.2 Å². The summed E-state index contributed by atoms with van der Waals surface area (Å²) in [6, 6.07) is 0.278. The molecular formula is C10H13IN2O. The minimum absolute atomic E-state index is 0.278. The van der Waals surface area contributed by atoms with Gasteiger partial charge in [-0.15, -0.1) is 0 Å². The quantitative estimate of drug-likeness (QED) is 0.747. The van der Waals surface area contributed by atoms with E-state index in [1.807, 2.05) is 17.1 Å². The highest BCUT2D eigenvalue weighted by Crippen LogP contribution is 2.31. The van der Waals surface area contributed by atoms with Crippen molar-refractivity contribution in [2.75, 3.05) is 0 Å². The maximum atomic E-state index is 11.4. The van der Waals surface area contributed by atoms with Crippen molar-refractivity contribution in [2.24, 2.45) is 5.92 Å². The van der Waals surface area contributed by atoms with Crippen LogP contribution in [0.2, 0.25) is 0 Å². The zero-order valence-electron chi connectivity index (χ0n) is 8.11. The Morgan fingerprint density at radius 1 is 1.64 bits per heavy atom. The summed E-state index contributed by atoms with van der Waals surface area (Å²) in [5.41, 5.74) is 0. The third-order valence-corrected chi connectivity index (χ3v) is 3.44. The molecule has 0 saturated heterocycles. The van der Waals surface area contributed by atoms with Gasteiger partial charge in [-0.05, 0) is 34.9 Å². The molecule has 0 aliphatic heterocycles. The van der Waals surface area contributed by atoms with E-state index in [0.29, 0.717) is 18.1 Å². The van der Waals surface area contributed by atoms with E-state index in [0.717, 1.165) is 16.4 Å². The second-order valence-electron chi connectivity index (χ2n) is 3.96. The molecule has 1 aromatic rings. The number of carbonyl (C=O) groups is 1. The Morgan fingerprint density at radius 2 is 2.43 bits per heavy atom. The van der Waals surface area contributed by atoms with Gasteiger partial charge in [-0.25, -0.2) is 0 Å². The Morgan fingerprint density at radius 3 is 3.07 bits per heavy atom. The lowest BCUT2D eigenvalue weighted by atomic mass is 9.85. The number of ketones is 1. The van der Waals surface area contributed by atoms with Gasteiger partial charge >= 0.3 is 0 Å². The van der Waals surface area contributed by atoms with Crippen LogP contribution in [0.5, 0.6) is 0 Å². The number of hydrogen-bond donors (Lipinski definition) is 0. The van der Waals surface area contributed by atoms with E-state index in [1.165, 1.54) is 0 Å². The molecule has 1 heterocycles. The van der Waals surface area contributed by atoms with Crippen molar-refractivity contribution in [3.8, 4) is 0 Å². The van der Waals surface area contributed by atoms with Crippen LogP contribution in [0.15, 0.2) is 12.4 Å². The van der Waals surface area contributed by atoms with E-state index >= 15 is 0 Å². The molecule has 0 bridgehead atoms. The Kier molecular flexibility index (Phi) is 2.90. The van der Waals surface area contributed by atoms with Crippen molar-refractivity contribution in [3.05, 3.63) is 16.0 Å². The molecule has 1 saturated carbocycles. The molecule has 2 rings (SSSR count). The monoisotopic (exact) mass is 304 g/mol. The van der Waals surface area contributed by atoms with E-state index in [-0.39, 0.29) is 6.04 Å². The zero-order chi connectivity index (χ0) is 10.1. The molecule has 3 nitrogen and oxygen atoms in total. The molecule has 0 amide bonds. The van der Waals surface area contributed by atoms with Crippen molar-refractivity contribution in [3.63, 3.8) is 0 Å². The molecule has 0 aromatic carbocycles. The molecule has 2 unspecified atom stereocenters. The standard InChI is InChI=1S/C10H13IN2O/c1-7-2-3-9(14)4-10(7)13-6-8(11)5-12-13/h5-7,10H,2-4H2,1H3. The lowest BCUT2D eigenvalue weighted by molar-refractivity contribution is -0.122. The van der Waals surface area contributed by atoms with Crippen LogP contribution in [0.25, 0.3) is 0 Å². The number of halogens is 1. The van der Waals surface area contributed by atoms with E-state index in [2.05, 4.69) is 34.6 Å². The smallest absolute Gasteiger partial charge is 0.135 e. The summed E-state index contributed by atoms with van der Waals surface area (Å²) < 4.78 is 3.08. The molecule has 1 aliphatic rings. The van der Waals surface area contributed by atoms with Gasteiger partial charge in [-0.1, -0.05) is 6.92 Å². The van der Waals surface area contributed by atoms with Gasteiger partial charge in [0.15, 0.2) is 0 Å². The van der Waals surface area contributed by atoms with Crippen LogP contribution in [0.3, 0.4) is 0 Å². The van der Waals surface area contributed by atoms with Crippen LogP contribution in [-0.4, -0.2) is 15.6 Å². The highest BCUT2D eigenvalue weighted by Gasteiger charge is 2.27. The van der Waals surface area contributed by atoms with Crippen molar-refractivity contribution >= 4 is 28.4 Å². The van der Waals surface area contributed by atoms with Crippen molar-refractivity contribution < 1.29 is 4.79 Å². The first-order valence-electron chi connectivity index (χ1n) is 4.88. The van der Waals surface area contributed by atoms with Gasteiger partial charge in [-0.3, -0.25) is 9.48 Å². The van der Waals surface area contributed by atoms with E-state index in [4.69, 9.17) is 0 Å². The average molecular weight is 304 g/mol. The van der Waals surface area contributed by atoms with Crippen LogP contribution in [-0.2, 0) is 4.79 Å². The maximum Gasteiger partial charge on any atom is 0.135 e. The lowest BCUT2D eigenvalue weighted by Gasteiger charge is -2.27. The molecule has 0 spiro atoms. The third-order valence-electron chi connectivity index (χ3n) is 2.88. The zero-order valence-corrected chi connectivity index (χ0v) is 10.3. The van der Waals surface area contributed by atoms with Crippen LogP contribution in [0.1, 0.15) is 32.2 Å². The third kappa shape index (κ3) is 1.99. The molecule has 2 atom stereocenters. The van der Waals surface area contributed by atoms with Gasteiger partial charge < -0.3 is 0 Å². The lowest BCUT2D eigenvalue weighted by Crippen LogP contribution is -2.26. The predicted molar refractivity (Wildman–Crippen MR) is 62.0 cm³/mol. The van der Waals surface area contributed by atoms with Crippen LogP contribution in [0.4, 0.5) is 0 Å². The Hall–Kier alpha value is -0.390. The molecular weight excluding hydrogens is 291 g/mol. The number of rotatable bonds is 1. The van der Waals surface area contributed by atoms with Crippen LogP contribution < -0.4 is 0 Å². The normalized spacial score (nSPS) is 28.0. The fraction of sp³-hybridized carbons (Fsp3) is 0.600. The Bertz CT molecular complexity index is 348. The van der Waals surface area contributed by atoms with E-state index in [1.54, 1.807) is 0 Å². The Labute approximate surface area is 97.0 Å². The molecule has 76 valence electrons. The van der Waals surface area contributed by atoms with Gasteiger partial charge in [0.05, 0.1) is 15.8 Å². The summed E-state index contributed by atoms with van der Waals surface area (Å²) in [6.07, 6.45) is 6.25. The van der Waals surface area contributed by atoms with Gasteiger partial charge in [0.25, 0.3) is 0 Å². The average Bonchev–Trinajstić information content (AvgIpc) is 2.56. The topological polar surface area (TPSA) is 34.9 Å². The SMILES string of the molecule is CC1CCC(=O)CC1n1cc(I)cn1. The number of Topliss-reactive ketones (excluding diaryl/α,β-unsaturated/α-hetero) is 1. The maximum absolute atomic E-state index is 11.4. The molecule has 14 heavy (non-hydrogen) atoms. The first kappa shape index (κ1) is 10.1. The molecule has 1 aromatic heterocycles. The van der Waals surface area contributed by atoms with Crippen LogP contribution >= 0.6 is 22.6 Å². The molecule has 0 radical (unpaired) electrons. The van der Waals surface area contributed by atoms with Gasteiger partial charge in [0.1, 0.15) is 5.78 Å². The molecule has 4 heteroatoms. The summed E-state index contributed by atoms with van der Waals surface area (Å²) in [5, 5.41) is 4.28. The van der Waals surface area contributed by atoms with Crippen LogP contribution in [0, 0.1) is 9.49 Å². The second kappa shape index (κ2) is 4.00. The highest BCUT2D eigenvalue weighted by atomic mass is 127. The molecule has 0 N–H and O–H groups in total. The predicted octanol–water partition coefficient (Wildman–Crippen LogP) is 2.42. The van der Waals surface area contributed by atoms with Crippen molar-refractivity contribution in [1.82, 2.24) is 9.78 Å². The molecule has 1 fully saturated rings. The number of carbonyl (C=O) groups excluding carboxylic acids is 1. The minimum Gasteiger partial charge on any atom is -0.300 e. The molecule has 1 aliphatic carbocycles. The first-order chi connectivity index (χ1) is 6.66. The second-order valence-corrected chi connectivity index (χ2v) is 5.21. The summed E-state index contributed by atoms with van der Waals surface area (Å²) in [5.74, 6) is 0.932. The summed E-state index contributed by atoms with van der Waals surface area (Å²) in [7, 11) is 0.